The average molecular weight is 438 g/mol. The van der Waals surface area contributed by atoms with Crippen LogP contribution in [0.25, 0.3) is 0 Å². The maximum absolute atomic E-state index is 13.5. The molecule has 0 aromatic heterocycles. The maximum atomic E-state index is 13.5. The summed E-state index contributed by atoms with van der Waals surface area (Å²) in [6, 6.07) is -2.35. The Morgan fingerprint density at radius 3 is 1.39 bits per heavy atom. The standard InChI is InChI=1S/C17H22N6O8/c1-5-30-11(24)9-7(3)22(20-15(18)28)13(26)17(9)10(12(25)31-6-2)8(4)23(14(17)27)21-16(19)29/h5-6H2,1-4H3,(H3,18,20,28)(H3,19,21,29). The Labute approximate surface area is 176 Å². The van der Waals surface area contributed by atoms with Crippen LogP contribution in [0.4, 0.5) is 9.59 Å². The summed E-state index contributed by atoms with van der Waals surface area (Å²) in [7, 11) is 0. The van der Waals surface area contributed by atoms with Crippen LogP contribution in [0.3, 0.4) is 0 Å². The van der Waals surface area contributed by atoms with Crippen molar-refractivity contribution in [2.24, 2.45) is 16.9 Å². The van der Waals surface area contributed by atoms with Crippen LogP contribution in [-0.2, 0) is 28.7 Å². The Morgan fingerprint density at radius 2 is 1.13 bits per heavy atom. The van der Waals surface area contributed by atoms with Gasteiger partial charge in [-0.2, -0.15) is 0 Å². The van der Waals surface area contributed by atoms with E-state index in [0.29, 0.717) is 10.0 Å². The number of ether oxygens (including phenoxy) is 2. The first-order valence-electron chi connectivity index (χ1n) is 9.04. The number of primary amides is 2. The first kappa shape index (κ1) is 23.2. The summed E-state index contributed by atoms with van der Waals surface area (Å²) < 4.78 is 9.99. The van der Waals surface area contributed by atoms with Crippen molar-refractivity contribution in [2.45, 2.75) is 27.7 Å². The summed E-state index contributed by atoms with van der Waals surface area (Å²) in [5, 5.41) is 1.12. The molecule has 0 aromatic rings. The molecule has 168 valence electrons. The van der Waals surface area contributed by atoms with E-state index in [2.05, 4.69) is 0 Å². The van der Waals surface area contributed by atoms with Crippen LogP contribution in [-0.4, -0.2) is 59.0 Å². The van der Waals surface area contributed by atoms with Crippen LogP contribution in [0, 0.1) is 5.41 Å². The van der Waals surface area contributed by atoms with E-state index >= 15 is 0 Å². The molecule has 1 spiro atoms. The van der Waals surface area contributed by atoms with Gasteiger partial charge in [0.15, 0.2) is 5.41 Å². The molecule has 14 heteroatoms. The molecule has 0 aromatic carbocycles. The molecular formula is C17H22N6O8. The van der Waals surface area contributed by atoms with Crippen molar-refractivity contribution in [1.82, 2.24) is 20.9 Å². The molecule has 0 saturated heterocycles. The molecule has 0 saturated carbocycles. The highest BCUT2D eigenvalue weighted by Crippen LogP contribution is 2.52. The van der Waals surface area contributed by atoms with E-state index in [1.165, 1.54) is 27.7 Å². The lowest BCUT2D eigenvalue weighted by Gasteiger charge is -2.26. The minimum Gasteiger partial charge on any atom is -0.463 e. The van der Waals surface area contributed by atoms with Crippen LogP contribution in [0.15, 0.2) is 22.5 Å². The highest BCUT2D eigenvalue weighted by Gasteiger charge is 2.70. The van der Waals surface area contributed by atoms with E-state index < -0.39 is 52.4 Å². The molecule has 0 fully saturated rings. The van der Waals surface area contributed by atoms with Crippen LogP contribution >= 0.6 is 0 Å². The molecule has 6 amide bonds. The number of carbonyl (C=O) groups is 6. The fourth-order valence-corrected chi connectivity index (χ4v) is 3.55. The van der Waals surface area contributed by atoms with Gasteiger partial charge in [0.2, 0.25) is 0 Å². The van der Waals surface area contributed by atoms with Gasteiger partial charge in [-0.05, 0) is 27.7 Å². The number of nitrogens with one attached hydrogen (secondary N) is 2. The Bertz CT molecular complexity index is 876. The third kappa shape index (κ3) is 3.41. The van der Waals surface area contributed by atoms with Crippen molar-refractivity contribution in [2.75, 3.05) is 13.2 Å². The molecule has 0 atom stereocenters. The van der Waals surface area contributed by atoms with E-state index in [1.54, 1.807) is 0 Å². The summed E-state index contributed by atoms with van der Waals surface area (Å²) in [6.07, 6.45) is 0. The SMILES string of the molecule is CCOC(=O)C1=C(C)N(NC(N)=O)C(=O)C12C(=O)N(NC(N)=O)C(C)=C2C(=O)OCC. The summed E-state index contributed by atoms with van der Waals surface area (Å²) >= 11 is 0. The van der Waals surface area contributed by atoms with Crippen molar-refractivity contribution in [3.05, 3.63) is 22.5 Å². The quantitative estimate of drug-likeness (QED) is 0.283. The molecule has 0 aliphatic carbocycles. The molecule has 6 N–H and O–H groups in total. The minimum absolute atomic E-state index is 0.127. The van der Waals surface area contributed by atoms with Crippen molar-refractivity contribution < 1.29 is 38.2 Å². The number of amides is 6. The van der Waals surface area contributed by atoms with Crippen molar-refractivity contribution in [3.8, 4) is 0 Å². The molecule has 2 aliphatic heterocycles. The maximum Gasteiger partial charge on any atom is 0.337 e. The number of carbonyl (C=O) groups excluding carboxylic acids is 6. The number of hydrogen-bond acceptors (Lipinski definition) is 8. The van der Waals surface area contributed by atoms with E-state index in [-0.39, 0.29) is 24.6 Å². The summed E-state index contributed by atoms with van der Waals surface area (Å²) in [5.74, 6) is -4.61. The Morgan fingerprint density at radius 1 is 0.806 bits per heavy atom. The first-order chi connectivity index (χ1) is 14.5. The predicted molar refractivity (Wildman–Crippen MR) is 100 cm³/mol. The number of rotatable bonds is 6. The monoisotopic (exact) mass is 438 g/mol. The van der Waals surface area contributed by atoms with Crippen LogP contribution in [0.2, 0.25) is 0 Å². The number of nitrogens with two attached hydrogens (primary N) is 2. The van der Waals surface area contributed by atoms with Gasteiger partial charge < -0.3 is 20.9 Å². The number of hydrogen-bond donors (Lipinski definition) is 4. The number of nitrogens with zero attached hydrogens (tertiary/aromatic N) is 2. The van der Waals surface area contributed by atoms with Gasteiger partial charge in [0.1, 0.15) is 0 Å². The van der Waals surface area contributed by atoms with E-state index in [9.17, 15) is 28.8 Å². The van der Waals surface area contributed by atoms with E-state index in [0.717, 1.165) is 0 Å². The van der Waals surface area contributed by atoms with Crippen molar-refractivity contribution in [3.63, 3.8) is 0 Å². The highest BCUT2D eigenvalue weighted by molar-refractivity contribution is 6.27. The second-order valence-corrected chi connectivity index (χ2v) is 6.34. The highest BCUT2D eigenvalue weighted by atomic mass is 16.5. The Balaban J connectivity index is 2.88. The smallest absolute Gasteiger partial charge is 0.337 e. The zero-order chi connectivity index (χ0) is 23.7. The van der Waals surface area contributed by atoms with Gasteiger partial charge in [0.05, 0.1) is 35.8 Å². The minimum atomic E-state index is -2.61. The zero-order valence-electron chi connectivity index (χ0n) is 17.2. The third-order valence-corrected chi connectivity index (χ3v) is 4.60. The van der Waals surface area contributed by atoms with Crippen molar-refractivity contribution >= 4 is 35.8 Å². The third-order valence-electron chi connectivity index (χ3n) is 4.60. The lowest BCUT2D eigenvalue weighted by atomic mass is 9.74. The lowest BCUT2D eigenvalue weighted by molar-refractivity contribution is -0.153. The molecular weight excluding hydrogens is 416 g/mol. The predicted octanol–water partition coefficient (Wildman–Crippen LogP) is -1.50. The summed E-state index contributed by atoms with van der Waals surface area (Å²) in [5.41, 5.74) is 10.1. The van der Waals surface area contributed by atoms with Crippen molar-refractivity contribution in [1.29, 1.82) is 0 Å². The normalized spacial score (nSPS) is 17.4. The zero-order valence-corrected chi connectivity index (χ0v) is 17.2. The van der Waals surface area contributed by atoms with E-state index in [1.807, 2.05) is 10.9 Å². The Hall–Kier alpha value is -4.10. The Kier molecular flexibility index (Phi) is 6.23. The van der Waals surface area contributed by atoms with Crippen LogP contribution in [0.5, 0.6) is 0 Å². The van der Waals surface area contributed by atoms with Gasteiger partial charge >= 0.3 is 24.0 Å². The summed E-state index contributed by atoms with van der Waals surface area (Å²) in [4.78, 5) is 75.5. The first-order valence-corrected chi connectivity index (χ1v) is 9.04. The van der Waals surface area contributed by atoms with Gasteiger partial charge in [-0.25, -0.2) is 40.0 Å². The molecule has 0 unspecified atom stereocenters. The average Bonchev–Trinajstić information content (AvgIpc) is 3.00. The molecule has 2 aliphatic rings. The fourth-order valence-electron chi connectivity index (χ4n) is 3.55. The number of urea groups is 2. The topological polar surface area (TPSA) is 203 Å². The second-order valence-electron chi connectivity index (χ2n) is 6.34. The molecule has 31 heavy (non-hydrogen) atoms. The number of allylic oxidation sites excluding steroid dienone is 2. The van der Waals surface area contributed by atoms with Gasteiger partial charge in [-0.15, -0.1) is 0 Å². The van der Waals surface area contributed by atoms with Crippen LogP contribution in [0.1, 0.15) is 27.7 Å². The molecule has 0 radical (unpaired) electrons. The molecule has 2 heterocycles. The largest absolute Gasteiger partial charge is 0.463 e. The summed E-state index contributed by atoms with van der Waals surface area (Å²) in [6.45, 7) is 5.20. The van der Waals surface area contributed by atoms with Gasteiger partial charge in [0.25, 0.3) is 11.8 Å². The van der Waals surface area contributed by atoms with Gasteiger partial charge in [-0.1, -0.05) is 0 Å². The number of hydrazine groups is 2. The molecule has 0 bridgehead atoms. The van der Waals surface area contributed by atoms with E-state index in [4.69, 9.17) is 20.9 Å². The molecule has 14 nitrogen and oxygen atoms in total. The fraction of sp³-hybridized carbons (Fsp3) is 0.412. The second kappa shape index (κ2) is 8.33. The number of esters is 2. The molecule has 2 rings (SSSR count). The van der Waals surface area contributed by atoms with Crippen LogP contribution < -0.4 is 22.3 Å². The van der Waals surface area contributed by atoms with Gasteiger partial charge in [-0.3, -0.25) is 9.59 Å². The van der Waals surface area contributed by atoms with Gasteiger partial charge in [0, 0.05) is 0 Å². The lowest BCUT2D eigenvalue weighted by Crippen LogP contribution is -2.55.